The predicted molar refractivity (Wildman–Crippen MR) is 142 cm³/mol. The molecular weight excluding hydrogens is 462 g/mol. The van der Waals surface area contributed by atoms with Gasteiger partial charge in [0, 0.05) is 11.8 Å². The molecule has 2 atom stereocenters. The summed E-state index contributed by atoms with van der Waals surface area (Å²) in [5.41, 5.74) is 5.11. The molecule has 5 heteroatoms. The molecule has 3 aliphatic carbocycles. The Hall–Kier alpha value is -3.73. The van der Waals surface area contributed by atoms with Crippen LogP contribution in [0.4, 0.5) is 5.69 Å². The van der Waals surface area contributed by atoms with Crippen molar-refractivity contribution in [2.45, 2.75) is 50.9 Å². The fourth-order valence-corrected chi connectivity index (χ4v) is 6.70. The Kier molecular flexibility index (Phi) is 6.15. The summed E-state index contributed by atoms with van der Waals surface area (Å²) in [7, 11) is 0. The summed E-state index contributed by atoms with van der Waals surface area (Å²) < 4.78 is 5.57. The summed E-state index contributed by atoms with van der Waals surface area (Å²) in [4.78, 5) is 42.4. The van der Waals surface area contributed by atoms with Crippen molar-refractivity contribution in [3.63, 3.8) is 0 Å². The van der Waals surface area contributed by atoms with Gasteiger partial charge in [0.15, 0.2) is 0 Å². The Morgan fingerprint density at radius 1 is 0.703 bits per heavy atom. The van der Waals surface area contributed by atoms with Gasteiger partial charge in [0.2, 0.25) is 11.8 Å². The molecule has 1 heterocycles. The number of amides is 2. The third-order valence-electron chi connectivity index (χ3n) is 8.29. The lowest BCUT2D eigenvalue weighted by Gasteiger charge is -2.45. The first-order valence-corrected chi connectivity index (χ1v) is 13.4. The van der Waals surface area contributed by atoms with Crippen molar-refractivity contribution < 1.29 is 19.1 Å². The van der Waals surface area contributed by atoms with E-state index >= 15 is 0 Å². The van der Waals surface area contributed by atoms with E-state index in [1.165, 1.54) is 11.3 Å². The van der Waals surface area contributed by atoms with Gasteiger partial charge >= 0.3 is 5.97 Å². The van der Waals surface area contributed by atoms with E-state index in [0.29, 0.717) is 12.3 Å². The Labute approximate surface area is 217 Å². The average molecular weight is 494 g/mol. The van der Waals surface area contributed by atoms with Crippen molar-refractivity contribution in [1.29, 1.82) is 0 Å². The average Bonchev–Trinajstić information content (AvgIpc) is 3.20. The van der Waals surface area contributed by atoms with Crippen LogP contribution in [-0.2, 0) is 14.3 Å². The number of esters is 1. The minimum absolute atomic E-state index is 0.175. The predicted octanol–water partition coefficient (Wildman–Crippen LogP) is 6.21. The van der Waals surface area contributed by atoms with E-state index in [1.807, 2.05) is 24.3 Å². The zero-order valence-electron chi connectivity index (χ0n) is 21.1. The number of unbranched alkanes of at least 4 members (excludes halogenated alkanes) is 4. The van der Waals surface area contributed by atoms with Crippen LogP contribution in [0.2, 0.25) is 0 Å². The number of nitrogens with zero attached hydrogens (tertiary/aromatic N) is 1. The largest absolute Gasteiger partial charge is 0.462 e. The fraction of sp³-hybridized carbons (Fsp3) is 0.344. The van der Waals surface area contributed by atoms with Gasteiger partial charge in [-0.1, -0.05) is 93.3 Å². The number of ether oxygens (including phenoxy) is 1. The van der Waals surface area contributed by atoms with Crippen LogP contribution in [0.1, 0.15) is 83.5 Å². The van der Waals surface area contributed by atoms with E-state index in [1.54, 1.807) is 24.3 Å². The molecule has 3 aromatic carbocycles. The third-order valence-corrected chi connectivity index (χ3v) is 8.29. The van der Waals surface area contributed by atoms with Crippen molar-refractivity contribution in [3.05, 3.63) is 101 Å². The van der Waals surface area contributed by atoms with Crippen LogP contribution in [0, 0.1) is 11.8 Å². The maximum atomic E-state index is 14.0. The highest BCUT2D eigenvalue weighted by atomic mass is 16.5. The lowest BCUT2D eigenvalue weighted by atomic mass is 9.55. The Morgan fingerprint density at radius 2 is 1.19 bits per heavy atom. The summed E-state index contributed by atoms with van der Waals surface area (Å²) in [5, 5.41) is 0. The van der Waals surface area contributed by atoms with Gasteiger partial charge in [-0.15, -0.1) is 0 Å². The van der Waals surface area contributed by atoms with Gasteiger partial charge in [-0.2, -0.15) is 0 Å². The fourth-order valence-electron chi connectivity index (χ4n) is 6.70. The molecule has 0 N–H and O–H groups in total. The first-order chi connectivity index (χ1) is 18.1. The van der Waals surface area contributed by atoms with Crippen molar-refractivity contribution in [1.82, 2.24) is 0 Å². The molecule has 2 amide bonds. The lowest BCUT2D eigenvalue weighted by molar-refractivity contribution is -0.122. The van der Waals surface area contributed by atoms with Crippen LogP contribution in [0.15, 0.2) is 72.8 Å². The van der Waals surface area contributed by atoms with Crippen molar-refractivity contribution in [3.8, 4) is 0 Å². The number of benzene rings is 3. The normalized spacial score (nSPS) is 23.0. The zero-order chi connectivity index (χ0) is 25.5. The highest BCUT2D eigenvalue weighted by Crippen LogP contribution is 2.61. The maximum Gasteiger partial charge on any atom is 0.340 e. The molecular formula is C32H31NO4. The van der Waals surface area contributed by atoms with Crippen LogP contribution in [0.5, 0.6) is 0 Å². The minimum atomic E-state index is -0.490. The van der Waals surface area contributed by atoms with Crippen molar-refractivity contribution in [2.75, 3.05) is 11.5 Å². The molecule has 0 radical (unpaired) electrons. The minimum Gasteiger partial charge on any atom is -0.462 e. The molecule has 3 aromatic rings. The maximum absolute atomic E-state index is 14.0. The molecule has 1 fully saturated rings. The van der Waals surface area contributed by atoms with Gasteiger partial charge in [0.05, 0.1) is 29.7 Å². The first kappa shape index (κ1) is 23.7. The highest BCUT2D eigenvalue weighted by Gasteiger charge is 2.62. The number of hydrogen-bond acceptors (Lipinski definition) is 4. The second kappa shape index (κ2) is 9.62. The van der Waals surface area contributed by atoms with Gasteiger partial charge < -0.3 is 4.74 Å². The van der Waals surface area contributed by atoms with Crippen LogP contribution in [0.3, 0.4) is 0 Å². The monoisotopic (exact) mass is 493 g/mol. The van der Waals surface area contributed by atoms with Crippen molar-refractivity contribution >= 4 is 23.5 Å². The molecule has 1 aliphatic heterocycles. The topological polar surface area (TPSA) is 63.7 Å². The number of imide groups is 1. The molecule has 0 aromatic heterocycles. The Morgan fingerprint density at radius 3 is 1.73 bits per heavy atom. The first-order valence-electron chi connectivity index (χ1n) is 13.4. The molecule has 7 rings (SSSR count). The molecule has 1 saturated heterocycles. The summed E-state index contributed by atoms with van der Waals surface area (Å²) in [6, 6.07) is 23.2. The standard InChI is InChI=1S/C32H31NO4/c1-2-3-4-5-12-19-37-32(36)24-17-10-11-18-25(24)33-30(34)28-26-20-13-6-7-14-21(20)27(29(28)31(33)35)23-16-9-8-15-22(23)26/h6-11,13-18,26-29H,2-5,12,19H2,1H3/t26?,27?,28-,29-/m1/s1. The number of rotatable bonds is 8. The molecule has 37 heavy (non-hydrogen) atoms. The number of carbonyl (C=O) groups is 3. The van der Waals surface area contributed by atoms with E-state index < -0.39 is 17.8 Å². The van der Waals surface area contributed by atoms with Gasteiger partial charge in [-0.05, 0) is 40.8 Å². The molecule has 188 valence electrons. The Bertz CT molecular complexity index is 1260. The molecule has 0 saturated carbocycles. The van der Waals surface area contributed by atoms with Crippen LogP contribution in [-0.4, -0.2) is 24.4 Å². The highest BCUT2D eigenvalue weighted by molar-refractivity contribution is 6.25. The van der Waals surface area contributed by atoms with Gasteiger partial charge in [-0.25, -0.2) is 9.69 Å². The quantitative estimate of drug-likeness (QED) is 0.213. The summed E-state index contributed by atoms with van der Waals surface area (Å²) in [6.45, 7) is 2.50. The molecule has 0 spiro atoms. The summed E-state index contributed by atoms with van der Waals surface area (Å²) >= 11 is 0. The summed E-state index contributed by atoms with van der Waals surface area (Å²) in [5.74, 6) is -2.26. The number of carbonyl (C=O) groups excluding carboxylic acids is 3. The SMILES string of the molecule is CCCCCCCOC(=O)c1ccccc1N1C(=O)[C@@H]2C3c4ccccc4C(c4ccccc43)[C@H]2C1=O. The molecule has 2 bridgehead atoms. The smallest absolute Gasteiger partial charge is 0.340 e. The lowest BCUT2D eigenvalue weighted by Crippen LogP contribution is -2.41. The van der Waals surface area contributed by atoms with E-state index in [4.69, 9.17) is 4.74 Å². The number of hydrogen-bond donors (Lipinski definition) is 0. The third kappa shape index (κ3) is 3.71. The zero-order valence-corrected chi connectivity index (χ0v) is 21.1. The second-order valence-electron chi connectivity index (χ2n) is 10.3. The number of anilines is 1. The second-order valence-corrected chi connectivity index (χ2v) is 10.3. The van der Waals surface area contributed by atoms with Gasteiger partial charge in [-0.3, -0.25) is 9.59 Å². The van der Waals surface area contributed by atoms with Gasteiger partial charge in [0.1, 0.15) is 0 Å². The van der Waals surface area contributed by atoms with Crippen molar-refractivity contribution in [2.24, 2.45) is 11.8 Å². The molecule has 0 unspecified atom stereocenters. The van der Waals surface area contributed by atoms with Gasteiger partial charge in [0.25, 0.3) is 0 Å². The van der Waals surface area contributed by atoms with Crippen LogP contribution in [0.25, 0.3) is 0 Å². The van der Waals surface area contributed by atoms with E-state index in [0.717, 1.165) is 47.9 Å². The molecule has 4 aliphatic rings. The van der Waals surface area contributed by atoms with Crippen LogP contribution >= 0.6 is 0 Å². The molecule has 5 nitrogen and oxygen atoms in total. The van der Waals surface area contributed by atoms with Crippen LogP contribution < -0.4 is 4.90 Å². The number of para-hydroxylation sites is 1. The van der Waals surface area contributed by atoms with E-state index in [2.05, 4.69) is 31.2 Å². The summed E-state index contributed by atoms with van der Waals surface area (Å²) in [6.07, 6.45) is 5.27. The van der Waals surface area contributed by atoms with E-state index in [9.17, 15) is 14.4 Å². The van der Waals surface area contributed by atoms with E-state index in [-0.39, 0.29) is 29.2 Å². The Balaban J connectivity index is 1.32.